The molecule has 126 heavy (non-hydrogen) atoms. The van der Waals surface area contributed by atoms with Crippen LogP contribution in [0.4, 0.5) is 34.1 Å². The molecule has 2 saturated carbocycles. The lowest BCUT2D eigenvalue weighted by molar-refractivity contribution is 0.299. The van der Waals surface area contributed by atoms with Gasteiger partial charge in [-0.25, -0.2) is 15.0 Å². The first kappa shape index (κ1) is 87.2. The first-order valence-electron chi connectivity index (χ1n) is 45.7. The molecule has 0 bridgehead atoms. The van der Waals surface area contributed by atoms with E-state index in [-0.39, 0.29) is 16.2 Å². The molecule has 0 aliphatic heterocycles. The van der Waals surface area contributed by atoms with Gasteiger partial charge >= 0.3 is 0 Å². The molecule has 0 radical (unpaired) electrons. The molecule has 0 atom stereocenters. The maximum atomic E-state index is 4.75. The summed E-state index contributed by atoms with van der Waals surface area (Å²) in [7, 11) is 0. The van der Waals surface area contributed by atoms with Crippen LogP contribution in [0, 0.1) is 116 Å². The molecule has 4 aliphatic rings. The first-order valence-corrected chi connectivity index (χ1v) is 45.7. The summed E-state index contributed by atoms with van der Waals surface area (Å²) in [5.74, 6) is 3.73. The van der Waals surface area contributed by atoms with Crippen molar-refractivity contribution in [3.8, 4) is 56.4 Å². The summed E-state index contributed by atoms with van der Waals surface area (Å²) in [5.41, 5.74) is 47.3. The van der Waals surface area contributed by atoms with Crippen molar-refractivity contribution >= 4 is 34.1 Å². The van der Waals surface area contributed by atoms with Gasteiger partial charge in [-0.05, 0) is 290 Å². The minimum Gasteiger partial charge on any atom is -0.310 e. The molecule has 0 saturated heterocycles. The maximum Gasteiger partial charge on any atom is 0.164 e. The van der Waals surface area contributed by atoms with Crippen molar-refractivity contribution in [2.24, 2.45) is 11.8 Å². The van der Waals surface area contributed by atoms with Crippen LogP contribution in [0.3, 0.4) is 0 Å². The molecular weight excluding hydrogens is 1520 g/mol. The quantitative estimate of drug-likeness (QED) is 0.129. The molecule has 5 nitrogen and oxygen atoms in total. The molecule has 0 N–H and O–H groups in total. The first-order chi connectivity index (χ1) is 60.1. The predicted molar refractivity (Wildman–Crippen MR) is 536 cm³/mol. The Balaban J connectivity index is 0.000000128. The van der Waals surface area contributed by atoms with Crippen molar-refractivity contribution in [1.29, 1.82) is 0 Å². The summed E-state index contributed by atoms with van der Waals surface area (Å²) >= 11 is 0. The molecule has 14 aromatic carbocycles. The van der Waals surface area contributed by atoms with E-state index in [1.165, 1.54) is 176 Å². The highest BCUT2D eigenvalue weighted by atomic mass is 15.2. The van der Waals surface area contributed by atoms with Crippen molar-refractivity contribution in [2.45, 2.75) is 212 Å². The Bertz CT molecular complexity index is 5990. The van der Waals surface area contributed by atoms with Gasteiger partial charge in [-0.15, -0.1) is 0 Å². The molecule has 0 unspecified atom stereocenters. The second kappa shape index (κ2) is 34.6. The van der Waals surface area contributed by atoms with Crippen LogP contribution in [-0.2, 0) is 27.1 Å². The number of aromatic nitrogens is 3. The second-order valence-electron chi connectivity index (χ2n) is 40.0. The highest BCUT2D eigenvalue weighted by Gasteiger charge is 2.65. The standard InChI is InChI=1S/C44H52N2.C29H26.C24H21N3.C24H28/c1-29-13-17-37(18-14-29)45(41-31(3)25-35(26-32(41)4)43(7,8)9)39-21-23-40(24-22-39)46(38-19-15-30(2)16-20-38)42-33(5)27-36(28-34(42)6)44(10,11)12;1-19-5-11-23(12-6-19)29(24-13-7-20(2)8-14-24)27-17-21(3)9-15-25(27)26-16-10-22(4)18-28(26)29;1-16-4-10-19(11-5-16)22-25-23(20-12-6-17(2)7-13-20)27-24(26-22)21-14-8-18(3)9-15-21;1-15-5-7-19-20-8-6-16(2)10-22(20)24-13-17(3)11-23(24,21(19)9-15)12-18(4)14-24/h13-28H,1-12H3;5-18H,1-4H3;4-15H,1-3H3;5-10,17-18H,11-14H2,1-4H3. The van der Waals surface area contributed by atoms with Crippen LogP contribution in [0.2, 0.25) is 0 Å². The van der Waals surface area contributed by atoms with Crippen molar-refractivity contribution in [3.05, 3.63) is 419 Å². The number of hydrogen-bond acceptors (Lipinski definition) is 5. The Labute approximate surface area is 753 Å². The highest BCUT2D eigenvalue weighted by molar-refractivity contribution is 5.89. The van der Waals surface area contributed by atoms with Crippen LogP contribution in [-0.4, -0.2) is 15.0 Å². The largest absolute Gasteiger partial charge is 0.310 e. The van der Waals surface area contributed by atoms with Gasteiger partial charge in [0.25, 0.3) is 0 Å². The molecule has 5 heteroatoms. The third-order valence-corrected chi connectivity index (χ3v) is 27.5. The smallest absolute Gasteiger partial charge is 0.164 e. The van der Waals surface area contributed by atoms with Gasteiger partial charge in [-0.3, -0.25) is 0 Å². The zero-order valence-corrected chi connectivity index (χ0v) is 78.9. The fourth-order valence-corrected chi connectivity index (χ4v) is 21.3. The Hall–Kier alpha value is -12.3. The lowest BCUT2D eigenvalue weighted by atomic mass is 9.55. The molecular formula is C121H127N5. The van der Waals surface area contributed by atoms with Crippen molar-refractivity contribution in [3.63, 3.8) is 0 Å². The summed E-state index contributed by atoms with van der Waals surface area (Å²) in [4.78, 5) is 19.1. The molecule has 1 heterocycles. The second-order valence-corrected chi connectivity index (χ2v) is 40.0. The van der Waals surface area contributed by atoms with Crippen LogP contribution in [0.5, 0.6) is 0 Å². The van der Waals surface area contributed by atoms with Gasteiger partial charge < -0.3 is 9.80 Å². The molecule has 0 spiro atoms. The maximum absolute atomic E-state index is 4.75. The van der Waals surface area contributed by atoms with Gasteiger partial charge in [0.1, 0.15) is 0 Å². The molecule has 0 amide bonds. The van der Waals surface area contributed by atoms with E-state index < -0.39 is 0 Å². The van der Waals surface area contributed by atoms with E-state index in [9.17, 15) is 0 Å². The highest BCUT2D eigenvalue weighted by Crippen LogP contribution is 2.72. The molecule has 15 aromatic rings. The van der Waals surface area contributed by atoms with Crippen molar-refractivity contribution in [2.75, 3.05) is 9.80 Å². The van der Waals surface area contributed by atoms with Gasteiger partial charge in [-0.2, -0.15) is 0 Å². The van der Waals surface area contributed by atoms with Gasteiger partial charge in [0, 0.05) is 50.3 Å². The lowest BCUT2D eigenvalue weighted by Crippen LogP contribution is -2.43. The van der Waals surface area contributed by atoms with E-state index in [4.69, 9.17) is 15.0 Å². The molecule has 2 fully saturated rings. The van der Waals surface area contributed by atoms with Crippen LogP contribution in [0.15, 0.2) is 291 Å². The Morgan fingerprint density at radius 1 is 0.246 bits per heavy atom. The number of rotatable bonds is 11. The SMILES string of the molecule is Cc1ccc(-c2nc(-c3ccc(C)cc3)nc(-c3ccc(C)cc3)n2)cc1.Cc1ccc(C2(c3ccc(C)cc3)c3cc(C)ccc3-c3ccc(C)cc32)cc1.Cc1ccc(N(c2ccc(N(c3ccc(C)cc3)c3c(C)cc(C(C)(C)C)cc3C)cc2)c2c(C)cc(C(C)(C)C)cc2C)cc1.Cc1ccc2c(c1)C13CC(C)CC1(CC(C)C3)c1cc(C)ccc1-2. The van der Waals surface area contributed by atoms with E-state index in [1.54, 1.807) is 11.1 Å². The summed E-state index contributed by atoms with van der Waals surface area (Å²) in [6.07, 6.45) is 5.50. The van der Waals surface area contributed by atoms with E-state index >= 15 is 0 Å². The van der Waals surface area contributed by atoms with E-state index in [0.29, 0.717) is 28.3 Å². The van der Waals surface area contributed by atoms with Gasteiger partial charge in [0.05, 0.1) is 16.8 Å². The molecule has 4 aliphatic carbocycles. The van der Waals surface area contributed by atoms with Gasteiger partial charge in [0.2, 0.25) is 0 Å². The van der Waals surface area contributed by atoms with Gasteiger partial charge in [-0.1, -0.05) is 359 Å². The summed E-state index contributed by atoms with van der Waals surface area (Å²) < 4.78 is 0. The Morgan fingerprint density at radius 3 is 0.698 bits per heavy atom. The minimum atomic E-state index is -0.288. The van der Waals surface area contributed by atoms with Crippen LogP contribution < -0.4 is 9.80 Å². The number of nitrogens with zero attached hydrogens (tertiary/aromatic N) is 5. The number of hydrogen-bond donors (Lipinski definition) is 0. The average molecular weight is 1650 g/mol. The number of fused-ring (bicyclic) bond motifs is 6. The lowest BCUT2D eigenvalue weighted by Gasteiger charge is -2.48. The zero-order valence-electron chi connectivity index (χ0n) is 78.9. The third kappa shape index (κ3) is 16.9. The van der Waals surface area contributed by atoms with Crippen molar-refractivity contribution in [1.82, 2.24) is 15.0 Å². The minimum absolute atomic E-state index is 0.0885. The zero-order chi connectivity index (χ0) is 89.2. The van der Waals surface area contributed by atoms with Crippen LogP contribution in [0.25, 0.3) is 56.4 Å². The predicted octanol–water partition coefficient (Wildman–Crippen LogP) is 32.5. The fraction of sp³-hybridized carbons (Fsp3) is 0.281. The fourth-order valence-electron chi connectivity index (χ4n) is 21.3. The van der Waals surface area contributed by atoms with Crippen LogP contribution >= 0.6 is 0 Å². The van der Waals surface area contributed by atoms with E-state index in [0.717, 1.165) is 51.3 Å². The van der Waals surface area contributed by atoms with Gasteiger partial charge in [0.15, 0.2) is 17.5 Å². The average Bonchev–Trinajstić information content (AvgIpc) is 1.50. The van der Waals surface area contributed by atoms with Crippen molar-refractivity contribution < 1.29 is 0 Å². The van der Waals surface area contributed by atoms with Crippen LogP contribution in [0.1, 0.15) is 209 Å². The third-order valence-electron chi connectivity index (χ3n) is 27.5. The van der Waals surface area contributed by atoms with E-state index in [2.05, 4.69) is 460 Å². The molecule has 1 aromatic heterocycles. The monoisotopic (exact) mass is 1650 g/mol. The number of aryl methyl sites for hydroxylation is 15. The Kier molecular flexibility index (Phi) is 23.9. The van der Waals surface area contributed by atoms with E-state index in [1.807, 2.05) is 0 Å². The molecule has 19 rings (SSSR count). The molecule has 636 valence electrons. The summed E-state index contributed by atoms with van der Waals surface area (Å²) in [5, 5.41) is 0. The number of anilines is 6. The normalized spacial score (nSPS) is 16.7. The Morgan fingerprint density at radius 2 is 0.452 bits per heavy atom. The summed E-state index contributed by atoms with van der Waals surface area (Å²) in [6.45, 7) is 51.5. The topological polar surface area (TPSA) is 45.2 Å². The number of benzene rings is 14. The summed E-state index contributed by atoms with van der Waals surface area (Å²) in [6, 6.07) is 108.